The Bertz CT molecular complexity index is 478. The van der Waals surface area contributed by atoms with E-state index in [-0.39, 0.29) is 5.56 Å². The summed E-state index contributed by atoms with van der Waals surface area (Å²) in [5.41, 5.74) is 7.17. The van der Waals surface area contributed by atoms with Crippen LogP contribution in [-0.4, -0.2) is 39.8 Å². The minimum Gasteiger partial charge on any atom is -0.493 e. The SMILES string of the molecule is COc1cc(C(=O)NOCC(N)=O)cc(OC)c1OC. The summed E-state index contributed by atoms with van der Waals surface area (Å²) in [7, 11) is 4.32. The number of methoxy groups -OCH3 is 3. The monoisotopic (exact) mass is 284 g/mol. The van der Waals surface area contributed by atoms with Gasteiger partial charge in [0, 0.05) is 5.56 Å². The Morgan fingerprint density at radius 3 is 2.05 bits per heavy atom. The molecule has 0 aliphatic heterocycles. The van der Waals surface area contributed by atoms with Crippen LogP contribution in [0.4, 0.5) is 0 Å². The maximum atomic E-state index is 11.8. The molecule has 2 amide bonds. The molecule has 0 aliphatic carbocycles. The normalized spacial score (nSPS) is 9.75. The van der Waals surface area contributed by atoms with Crippen molar-refractivity contribution in [3.63, 3.8) is 0 Å². The van der Waals surface area contributed by atoms with Crippen molar-refractivity contribution in [2.45, 2.75) is 0 Å². The molecule has 0 fully saturated rings. The highest BCUT2D eigenvalue weighted by Crippen LogP contribution is 2.38. The van der Waals surface area contributed by atoms with Gasteiger partial charge in [-0.15, -0.1) is 0 Å². The maximum Gasteiger partial charge on any atom is 0.275 e. The first kappa shape index (κ1) is 15.6. The predicted molar refractivity (Wildman–Crippen MR) is 68.7 cm³/mol. The lowest BCUT2D eigenvalue weighted by Gasteiger charge is -2.13. The van der Waals surface area contributed by atoms with Crippen molar-refractivity contribution in [3.8, 4) is 17.2 Å². The van der Waals surface area contributed by atoms with Crippen molar-refractivity contribution in [3.05, 3.63) is 17.7 Å². The van der Waals surface area contributed by atoms with Crippen molar-refractivity contribution in [1.29, 1.82) is 0 Å². The lowest BCUT2D eigenvalue weighted by molar-refractivity contribution is -0.124. The molecular formula is C12H16N2O6. The summed E-state index contributed by atoms with van der Waals surface area (Å²) in [6, 6.07) is 2.90. The fourth-order valence-electron chi connectivity index (χ4n) is 1.44. The number of hydroxylamine groups is 1. The quantitative estimate of drug-likeness (QED) is 0.674. The molecular weight excluding hydrogens is 268 g/mol. The lowest BCUT2D eigenvalue weighted by atomic mass is 10.1. The second-order valence-electron chi connectivity index (χ2n) is 3.60. The molecule has 0 heterocycles. The van der Waals surface area contributed by atoms with Crippen molar-refractivity contribution >= 4 is 11.8 Å². The zero-order valence-corrected chi connectivity index (χ0v) is 11.4. The van der Waals surface area contributed by atoms with Crippen LogP contribution in [0.1, 0.15) is 10.4 Å². The topological polar surface area (TPSA) is 109 Å². The van der Waals surface area contributed by atoms with E-state index in [0.29, 0.717) is 17.2 Å². The molecule has 1 aromatic rings. The fraction of sp³-hybridized carbons (Fsp3) is 0.333. The van der Waals surface area contributed by atoms with Crippen LogP contribution in [0.25, 0.3) is 0 Å². The van der Waals surface area contributed by atoms with Gasteiger partial charge in [0.2, 0.25) is 11.7 Å². The van der Waals surface area contributed by atoms with E-state index < -0.39 is 18.4 Å². The number of carbonyl (C=O) groups is 2. The first-order valence-electron chi connectivity index (χ1n) is 5.54. The van der Waals surface area contributed by atoms with Crippen LogP contribution in [0.15, 0.2) is 12.1 Å². The van der Waals surface area contributed by atoms with Gasteiger partial charge in [-0.05, 0) is 12.1 Å². The molecule has 0 saturated carbocycles. The summed E-state index contributed by atoms with van der Waals surface area (Å²) in [5.74, 6) is -0.260. The molecule has 3 N–H and O–H groups in total. The number of rotatable bonds is 7. The molecule has 8 nitrogen and oxygen atoms in total. The van der Waals surface area contributed by atoms with Crippen molar-refractivity contribution in [1.82, 2.24) is 5.48 Å². The number of carbonyl (C=O) groups excluding carboxylic acids is 2. The van der Waals surface area contributed by atoms with Gasteiger partial charge >= 0.3 is 0 Å². The summed E-state index contributed by atoms with van der Waals surface area (Å²) in [6.45, 7) is -0.420. The first-order chi connectivity index (χ1) is 9.53. The zero-order valence-electron chi connectivity index (χ0n) is 11.4. The molecule has 0 spiro atoms. The third-order valence-corrected chi connectivity index (χ3v) is 2.31. The van der Waals surface area contributed by atoms with E-state index in [9.17, 15) is 9.59 Å². The predicted octanol–water partition coefficient (Wildman–Crippen LogP) is -0.141. The molecule has 110 valence electrons. The minimum absolute atomic E-state index is 0.212. The average Bonchev–Trinajstić information content (AvgIpc) is 2.44. The van der Waals surface area contributed by atoms with Crippen LogP contribution in [0, 0.1) is 0 Å². The van der Waals surface area contributed by atoms with Crippen molar-refractivity contribution < 1.29 is 28.6 Å². The Labute approximate surface area is 115 Å². The number of amides is 2. The van der Waals surface area contributed by atoms with E-state index in [0.717, 1.165) is 0 Å². The minimum atomic E-state index is -0.699. The summed E-state index contributed by atoms with van der Waals surface area (Å²) >= 11 is 0. The molecule has 0 aromatic heterocycles. The Morgan fingerprint density at radius 2 is 1.65 bits per heavy atom. The lowest BCUT2D eigenvalue weighted by Crippen LogP contribution is -2.29. The van der Waals surface area contributed by atoms with Gasteiger partial charge in [0.05, 0.1) is 21.3 Å². The van der Waals surface area contributed by atoms with E-state index in [4.69, 9.17) is 19.9 Å². The van der Waals surface area contributed by atoms with E-state index in [1.165, 1.54) is 33.5 Å². The van der Waals surface area contributed by atoms with E-state index in [1.54, 1.807) is 0 Å². The van der Waals surface area contributed by atoms with Gasteiger partial charge in [-0.1, -0.05) is 0 Å². The van der Waals surface area contributed by atoms with Gasteiger partial charge in [-0.25, -0.2) is 5.48 Å². The molecule has 0 radical (unpaired) electrons. The summed E-state index contributed by atoms with van der Waals surface area (Å²) in [6.07, 6.45) is 0. The smallest absolute Gasteiger partial charge is 0.275 e. The van der Waals surface area contributed by atoms with Gasteiger partial charge in [0.1, 0.15) is 0 Å². The average molecular weight is 284 g/mol. The third kappa shape index (κ3) is 3.75. The Kier molecular flexibility index (Phi) is 5.60. The van der Waals surface area contributed by atoms with Crippen LogP contribution in [0.2, 0.25) is 0 Å². The van der Waals surface area contributed by atoms with Crippen LogP contribution in [-0.2, 0) is 9.63 Å². The highest BCUT2D eigenvalue weighted by Gasteiger charge is 2.17. The van der Waals surface area contributed by atoms with E-state index >= 15 is 0 Å². The fourth-order valence-corrected chi connectivity index (χ4v) is 1.44. The Balaban J connectivity index is 2.94. The Morgan fingerprint density at radius 1 is 1.10 bits per heavy atom. The van der Waals surface area contributed by atoms with E-state index in [2.05, 4.69) is 10.3 Å². The summed E-state index contributed by atoms with van der Waals surface area (Å²) in [4.78, 5) is 26.9. The number of hydrogen-bond acceptors (Lipinski definition) is 6. The van der Waals surface area contributed by atoms with Crippen molar-refractivity contribution in [2.75, 3.05) is 27.9 Å². The molecule has 0 atom stereocenters. The van der Waals surface area contributed by atoms with Gasteiger partial charge in [-0.3, -0.25) is 14.4 Å². The van der Waals surface area contributed by atoms with Crippen molar-refractivity contribution in [2.24, 2.45) is 5.73 Å². The second-order valence-corrected chi connectivity index (χ2v) is 3.60. The van der Waals surface area contributed by atoms with Crippen LogP contribution in [0.3, 0.4) is 0 Å². The summed E-state index contributed by atoms with van der Waals surface area (Å²) < 4.78 is 15.4. The second kappa shape index (κ2) is 7.19. The highest BCUT2D eigenvalue weighted by atomic mass is 16.7. The molecule has 8 heteroatoms. The number of hydrogen-bond donors (Lipinski definition) is 2. The summed E-state index contributed by atoms with van der Waals surface area (Å²) in [5, 5.41) is 0. The molecule has 0 unspecified atom stereocenters. The third-order valence-electron chi connectivity index (χ3n) is 2.31. The molecule has 1 rings (SSSR count). The van der Waals surface area contributed by atoms with Gasteiger partial charge in [-0.2, -0.15) is 0 Å². The molecule has 0 aliphatic rings. The number of benzene rings is 1. The van der Waals surface area contributed by atoms with Gasteiger partial charge < -0.3 is 19.9 Å². The number of ether oxygens (including phenoxy) is 3. The standard InChI is InChI=1S/C12H16N2O6/c1-17-8-4-7(5-9(18-2)11(8)19-3)12(16)14-20-6-10(13)15/h4-5H,6H2,1-3H3,(H2,13,15)(H,14,16). The van der Waals surface area contributed by atoms with Gasteiger partial charge in [0.15, 0.2) is 18.1 Å². The maximum absolute atomic E-state index is 11.8. The number of nitrogens with one attached hydrogen (secondary N) is 1. The molecule has 20 heavy (non-hydrogen) atoms. The highest BCUT2D eigenvalue weighted by molar-refractivity contribution is 5.95. The van der Waals surface area contributed by atoms with Gasteiger partial charge in [0.25, 0.3) is 5.91 Å². The van der Waals surface area contributed by atoms with Crippen LogP contribution < -0.4 is 25.4 Å². The molecule has 0 bridgehead atoms. The number of nitrogens with two attached hydrogens (primary N) is 1. The van der Waals surface area contributed by atoms with Crippen LogP contribution >= 0.6 is 0 Å². The molecule has 1 aromatic carbocycles. The number of primary amides is 1. The first-order valence-corrected chi connectivity index (χ1v) is 5.54. The Hall–Kier alpha value is -2.48. The molecule has 0 saturated heterocycles. The van der Waals surface area contributed by atoms with E-state index in [1.807, 2.05) is 0 Å². The largest absolute Gasteiger partial charge is 0.493 e. The van der Waals surface area contributed by atoms with Crippen LogP contribution in [0.5, 0.6) is 17.2 Å². The zero-order chi connectivity index (χ0) is 15.1.